The Kier molecular flexibility index (Phi) is 27.1. The summed E-state index contributed by atoms with van der Waals surface area (Å²) in [6.45, 7) is 4.75. The molecule has 1 amide bonds. The number of rotatable bonds is 31. The van der Waals surface area contributed by atoms with Crippen LogP contribution in [0.2, 0.25) is 0 Å². The molecule has 0 fully saturated rings. The van der Waals surface area contributed by atoms with Crippen LogP contribution in [-0.2, 0) is 18.4 Å². The Labute approximate surface area is 265 Å². The predicted molar refractivity (Wildman–Crippen MR) is 180 cm³/mol. The average molecular weight is 634 g/mol. The van der Waals surface area contributed by atoms with E-state index in [0.717, 1.165) is 38.5 Å². The third-order valence-corrected chi connectivity index (χ3v) is 8.74. The zero-order valence-electron chi connectivity index (χ0n) is 28.7. The Morgan fingerprint density at radius 3 is 1.72 bits per heavy atom. The predicted octanol–water partition coefficient (Wildman–Crippen LogP) is 8.46. The van der Waals surface area contributed by atoms with Crippen molar-refractivity contribution in [3.05, 3.63) is 12.2 Å². The van der Waals surface area contributed by atoms with Gasteiger partial charge in [0.1, 0.15) is 13.2 Å². The number of unbranched alkanes of at least 4 members (excludes halogenated alkanes) is 18. The molecule has 0 aliphatic rings. The Morgan fingerprint density at radius 1 is 0.767 bits per heavy atom. The first-order valence-corrected chi connectivity index (χ1v) is 19.1. The fourth-order valence-electron chi connectivity index (χ4n) is 4.86. The minimum atomic E-state index is -4.31. The largest absolute Gasteiger partial charge is 0.472 e. The van der Waals surface area contributed by atoms with Crippen molar-refractivity contribution in [2.75, 3.05) is 40.9 Å². The van der Waals surface area contributed by atoms with Crippen LogP contribution in [0, 0.1) is 0 Å². The van der Waals surface area contributed by atoms with Crippen molar-refractivity contribution >= 4 is 13.7 Å². The van der Waals surface area contributed by atoms with E-state index in [1.807, 2.05) is 27.2 Å². The first-order valence-electron chi connectivity index (χ1n) is 17.6. The SMILES string of the molecule is CCCCCCCCCCCCC/C=C/[C@@H](O)[C@H](COP(=O)(O)OCC[N+](C)(C)C)NC(=O)CCCCCCCCCC. The van der Waals surface area contributed by atoms with Crippen molar-refractivity contribution < 1.29 is 32.9 Å². The van der Waals surface area contributed by atoms with Gasteiger partial charge in [-0.15, -0.1) is 0 Å². The van der Waals surface area contributed by atoms with Crippen molar-refractivity contribution in [3.63, 3.8) is 0 Å². The number of aliphatic hydroxyl groups excluding tert-OH is 1. The van der Waals surface area contributed by atoms with E-state index in [4.69, 9.17) is 9.05 Å². The number of nitrogens with one attached hydrogen (secondary N) is 1. The molecular weight excluding hydrogens is 563 g/mol. The molecule has 1 unspecified atom stereocenters. The van der Waals surface area contributed by atoms with Gasteiger partial charge < -0.3 is 19.8 Å². The Balaban J connectivity index is 4.58. The number of hydrogen-bond acceptors (Lipinski definition) is 5. The fourth-order valence-corrected chi connectivity index (χ4v) is 5.60. The molecule has 0 spiro atoms. The molecule has 0 aliphatic carbocycles. The molecule has 0 aromatic rings. The number of nitrogens with zero attached hydrogens (tertiary/aromatic N) is 1. The highest BCUT2D eigenvalue weighted by atomic mass is 31.2. The maximum absolute atomic E-state index is 12.7. The highest BCUT2D eigenvalue weighted by molar-refractivity contribution is 7.47. The smallest absolute Gasteiger partial charge is 0.387 e. The van der Waals surface area contributed by atoms with E-state index in [-0.39, 0.29) is 19.1 Å². The zero-order valence-corrected chi connectivity index (χ0v) is 29.6. The minimum absolute atomic E-state index is 0.0637. The lowest BCUT2D eigenvalue weighted by molar-refractivity contribution is -0.870. The number of phosphoric acid groups is 1. The summed E-state index contributed by atoms with van der Waals surface area (Å²) in [6, 6.07) is -0.836. The normalized spacial score (nSPS) is 15.0. The molecule has 256 valence electrons. The van der Waals surface area contributed by atoms with Crippen molar-refractivity contribution in [1.82, 2.24) is 5.32 Å². The molecule has 0 radical (unpaired) electrons. The van der Waals surface area contributed by atoms with Gasteiger partial charge in [-0.3, -0.25) is 13.8 Å². The molecule has 0 rings (SSSR count). The molecular formula is C34H70N2O6P+. The number of carbonyl (C=O) groups excluding carboxylic acids is 1. The second-order valence-electron chi connectivity index (χ2n) is 13.3. The molecule has 0 bridgehead atoms. The van der Waals surface area contributed by atoms with Crippen LogP contribution in [0.4, 0.5) is 0 Å². The number of hydrogen-bond donors (Lipinski definition) is 3. The maximum Gasteiger partial charge on any atom is 0.472 e. The van der Waals surface area contributed by atoms with E-state index in [0.29, 0.717) is 17.4 Å². The number of allylic oxidation sites excluding steroid dienone is 1. The van der Waals surface area contributed by atoms with E-state index < -0.39 is 20.0 Å². The summed E-state index contributed by atoms with van der Waals surface area (Å²) in [5.74, 6) is -0.184. The van der Waals surface area contributed by atoms with Gasteiger partial charge in [-0.05, 0) is 19.3 Å². The van der Waals surface area contributed by atoms with E-state index in [2.05, 4.69) is 19.2 Å². The van der Waals surface area contributed by atoms with Gasteiger partial charge >= 0.3 is 7.82 Å². The average Bonchev–Trinajstić information content (AvgIpc) is 2.94. The van der Waals surface area contributed by atoms with Crippen LogP contribution in [0.3, 0.4) is 0 Å². The molecule has 9 heteroatoms. The van der Waals surface area contributed by atoms with Crippen LogP contribution in [0.5, 0.6) is 0 Å². The quantitative estimate of drug-likeness (QED) is 0.0306. The topological polar surface area (TPSA) is 105 Å². The molecule has 43 heavy (non-hydrogen) atoms. The highest BCUT2D eigenvalue weighted by Gasteiger charge is 2.27. The van der Waals surface area contributed by atoms with Gasteiger partial charge in [0.15, 0.2) is 0 Å². The minimum Gasteiger partial charge on any atom is -0.387 e. The number of amides is 1. The molecule has 0 heterocycles. The standard InChI is InChI=1S/C34H69N2O6P/c1-6-8-10-12-14-16-17-18-19-20-21-23-25-27-33(37)32(31-42-43(39,40)41-30-29-36(3,4)5)35-34(38)28-26-24-22-15-13-11-9-7-2/h25,27,32-33,37H,6-24,26,28-31H2,1-5H3,(H-,35,38,39,40)/p+1/b27-25+/t32-,33+/m0/s1. The molecule has 3 N–H and O–H groups in total. The summed E-state index contributed by atoms with van der Waals surface area (Å²) >= 11 is 0. The monoisotopic (exact) mass is 633 g/mol. The van der Waals surface area contributed by atoms with Crippen LogP contribution in [-0.4, -0.2) is 73.4 Å². The van der Waals surface area contributed by atoms with E-state index >= 15 is 0 Å². The molecule has 0 saturated heterocycles. The van der Waals surface area contributed by atoms with Gasteiger partial charge in [0.05, 0.1) is 39.9 Å². The van der Waals surface area contributed by atoms with Crippen molar-refractivity contribution in [2.24, 2.45) is 0 Å². The number of likely N-dealkylation sites (N-methyl/N-ethyl adjacent to an activating group) is 1. The third kappa shape index (κ3) is 29.7. The van der Waals surface area contributed by atoms with Crippen LogP contribution in [0.25, 0.3) is 0 Å². The zero-order chi connectivity index (χ0) is 32.2. The molecule has 8 nitrogen and oxygen atoms in total. The molecule has 3 atom stereocenters. The Bertz CT molecular complexity index is 728. The second kappa shape index (κ2) is 27.5. The summed E-state index contributed by atoms with van der Waals surface area (Å²) in [4.78, 5) is 22.8. The lowest BCUT2D eigenvalue weighted by Crippen LogP contribution is -2.45. The fraction of sp³-hybridized carbons (Fsp3) is 0.912. The lowest BCUT2D eigenvalue weighted by atomic mass is 10.0. The summed E-state index contributed by atoms with van der Waals surface area (Å²) < 4.78 is 23.3. The van der Waals surface area contributed by atoms with Gasteiger partial charge in [-0.1, -0.05) is 135 Å². The third-order valence-electron chi connectivity index (χ3n) is 7.76. The van der Waals surface area contributed by atoms with E-state index in [1.165, 1.54) is 89.9 Å². The molecule has 0 saturated carbocycles. The second-order valence-corrected chi connectivity index (χ2v) is 14.7. The Morgan fingerprint density at radius 2 is 1.23 bits per heavy atom. The first-order chi connectivity index (χ1) is 20.5. The van der Waals surface area contributed by atoms with Crippen LogP contribution < -0.4 is 5.32 Å². The van der Waals surface area contributed by atoms with Crippen LogP contribution in [0.15, 0.2) is 12.2 Å². The maximum atomic E-state index is 12.7. The number of quaternary nitrogens is 1. The summed E-state index contributed by atoms with van der Waals surface area (Å²) in [6.07, 6.45) is 27.0. The van der Waals surface area contributed by atoms with Gasteiger partial charge in [0.25, 0.3) is 0 Å². The van der Waals surface area contributed by atoms with Crippen LogP contribution in [0.1, 0.15) is 149 Å². The van der Waals surface area contributed by atoms with E-state index in [9.17, 15) is 19.4 Å². The number of aliphatic hydroxyl groups is 1. The van der Waals surface area contributed by atoms with Gasteiger partial charge in [0.2, 0.25) is 5.91 Å². The number of phosphoric ester groups is 1. The molecule has 0 aromatic heterocycles. The molecule has 0 aromatic carbocycles. The number of carbonyl (C=O) groups is 1. The first kappa shape index (κ1) is 42.2. The summed E-state index contributed by atoms with van der Waals surface area (Å²) in [5.41, 5.74) is 0. The highest BCUT2D eigenvalue weighted by Crippen LogP contribution is 2.43. The van der Waals surface area contributed by atoms with Gasteiger partial charge in [-0.25, -0.2) is 4.57 Å². The van der Waals surface area contributed by atoms with Crippen LogP contribution >= 0.6 is 7.82 Å². The summed E-state index contributed by atoms with van der Waals surface area (Å²) in [5, 5.41) is 13.7. The molecule has 0 aliphatic heterocycles. The van der Waals surface area contributed by atoms with Gasteiger partial charge in [0, 0.05) is 6.42 Å². The van der Waals surface area contributed by atoms with Crippen molar-refractivity contribution in [2.45, 2.75) is 161 Å². The van der Waals surface area contributed by atoms with E-state index in [1.54, 1.807) is 6.08 Å². The van der Waals surface area contributed by atoms with Crippen molar-refractivity contribution in [1.29, 1.82) is 0 Å². The van der Waals surface area contributed by atoms with Gasteiger partial charge in [-0.2, -0.15) is 0 Å². The lowest BCUT2D eigenvalue weighted by Gasteiger charge is -2.25. The van der Waals surface area contributed by atoms with Crippen molar-refractivity contribution in [3.8, 4) is 0 Å². The Hall–Kier alpha value is -0.760. The summed E-state index contributed by atoms with van der Waals surface area (Å²) in [7, 11) is 1.57.